The molecule has 26 heavy (non-hydrogen) atoms. The van der Waals surface area contributed by atoms with E-state index in [0.717, 1.165) is 11.1 Å². The van der Waals surface area contributed by atoms with Gasteiger partial charge in [-0.25, -0.2) is 0 Å². The molecule has 0 unspecified atom stereocenters. The van der Waals surface area contributed by atoms with Crippen LogP contribution in [0.3, 0.4) is 0 Å². The highest BCUT2D eigenvalue weighted by Gasteiger charge is 2.30. The third kappa shape index (κ3) is 5.98. The van der Waals surface area contributed by atoms with Crippen LogP contribution in [0.15, 0.2) is 60.7 Å². The van der Waals surface area contributed by atoms with E-state index in [1.54, 1.807) is 6.92 Å². The van der Waals surface area contributed by atoms with E-state index in [1.165, 1.54) is 0 Å². The third-order valence-corrected chi connectivity index (χ3v) is 3.92. The van der Waals surface area contributed by atoms with Crippen LogP contribution in [-0.4, -0.2) is 40.3 Å². The van der Waals surface area contributed by atoms with Crippen molar-refractivity contribution in [3.63, 3.8) is 0 Å². The summed E-state index contributed by atoms with van der Waals surface area (Å²) in [6.45, 7) is 1.99. The first-order chi connectivity index (χ1) is 12.5. The van der Waals surface area contributed by atoms with Gasteiger partial charge in [0.05, 0.1) is 0 Å². The minimum atomic E-state index is -1.83. The molecule has 0 aliphatic carbocycles. The van der Waals surface area contributed by atoms with Crippen molar-refractivity contribution in [1.82, 2.24) is 10.6 Å². The Labute approximate surface area is 152 Å². The summed E-state index contributed by atoms with van der Waals surface area (Å²) in [5.74, 6) is -1.58. The van der Waals surface area contributed by atoms with Crippen LogP contribution >= 0.6 is 0 Å². The monoisotopic (exact) mass is 356 g/mol. The molecule has 2 rings (SSSR count). The summed E-state index contributed by atoms with van der Waals surface area (Å²) >= 11 is 0. The number of benzene rings is 2. The summed E-state index contributed by atoms with van der Waals surface area (Å²) in [7, 11) is 0. The molecule has 0 aliphatic heterocycles. The van der Waals surface area contributed by atoms with Crippen molar-refractivity contribution in [3.05, 3.63) is 71.8 Å². The number of carbonyl (C=O) groups is 2. The number of aliphatic hydroxyl groups excluding tert-OH is 2. The number of carbonyl (C=O) groups excluding carboxylic acids is 2. The molecular formula is C20H24N2O4. The van der Waals surface area contributed by atoms with Gasteiger partial charge in [0.15, 0.2) is 12.2 Å². The van der Waals surface area contributed by atoms with Gasteiger partial charge in [-0.15, -0.1) is 0 Å². The highest BCUT2D eigenvalue weighted by molar-refractivity contribution is 5.90. The maximum Gasteiger partial charge on any atom is 0.252 e. The topological polar surface area (TPSA) is 98.7 Å². The van der Waals surface area contributed by atoms with Gasteiger partial charge in [-0.3, -0.25) is 9.59 Å². The minimum Gasteiger partial charge on any atom is -0.380 e. The summed E-state index contributed by atoms with van der Waals surface area (Å²) in [6, 6.07) is 18.5. The average Bonchev–Trinajstić information content (AvgIpc) is 2.66. The Morgan fingerprint density at radius 2 is 1.35 bits per heavy atom. The molecule has 0 aliphatic rings. The Kier molecular flexibility index (Phi) is 7.32. The fourth-order valence-corrected chi connectivity index (χ4v) is 2.52. The molecule has 4 N–H and O–H groups in total. The largest absolute Gasteiger partial charge is 0.380 e. The van der Waals surface area contributed by atoms with Crippen LogP contribution in [0.1, 0.15) is 18.1 Å². The summed E-state index contributed by atoms with van der Waals surface area (Å²) in [5, 5.41) is 25.0. The zero-order valence-electron chi connectivity index (χ0n) is 14.6. The predicted octanol–water partition coefficient (Wildman–Crippen LogP) is 0.772. The van der Waals surface area contributed by atoms with Crippen LogP contribution < -0.4 is 10.6 Å². The minimum absolute atomic E-state index is 0.204. The van der Waals surface area contributed by atoms with Gasteiger partial charge in [0, 0.05) is 12.6 Å². The van der Waals surface area contributed by atoms with E-state index in [2.05, 4.69) is 10.6 Å². The van der Waals surface area contributed by atoms with Gasteiger partial charge in [-0.1, -0.05) is 60.7 Å². The zero-order chi connectivity index (χ0) is 18.9. The van der Waals surface area contributed by atoms with Gasteiger partial charge in [-0.05, 0) is 24.5 Å². The van der Waals surface area contributed by atoms with Crippen LogP contribution in [0, 0.1) is 0 Å². The lowest BCUT2D eigenvalue weighted by Crippen LogP contribution is -2.51. The maximum absolute atomic E-state index is 12.1. The van der Waals surface area contributed by atoms with E-state index in [0.29, 0.717) is 6.42 Å². The number of aliphatic hydroxyl groups is 2. The lowest BCUT2D eigenvalue weighted by molar-refractivity contribution is -0.146. The number of hydrogen-bond donors (Lipinski definition) is 4. The molecule has 3 atom stereocenters. The lowest BCUT2D eigenvalue weighted by Gasteiger charge is -2.20. The predicted molar refractivity (Wildman–Crippen MR) is 98.1 cm³/mol. The van der Waals surface area contributed by atoms with E-state index in [1.807, 2.05) is 60.7 Å². The van der Waals surface area contributed by atoms with Crippen molar-refractivity contribution in [3.8, 4) is 0 Å². The lowest BCUT2D eigenvalue weighted by atomic mass is 10.1. The van der Waals surface area contributed by atoms with E-state index in [9.17, 15) is 19.8 Å². The Hall–Kier alpha value is -2.70. The van der Waals surface area contributed by atoms with Crippen molar-refractivity contribution in [2.24, 2.45) is 0 Å². The standard InChI is InChI=1S/C20H24N2O4/c1-14(12-15-8-4-2-5-9-15)22-20(26)18(24)17(23)19(25)21-13-16-10-6-3-7-11-16/h2-11,14,17-18,23-24H,12-13H2,1H3,(H,21,25)(H,22,26)/t14-,17-,18-/m1/s1. The van der Waals surface area contributed by atoms with Gasteiger partial charge >= 0.3 is 0 Å². The number of rotatable bonds is 8. The van der Waals surface area contributed by atoms with Gasteiger partial charge in [0.2, 0.25) is 0 Å². The van der Waals surface area contributed by atoms with Crippen molar-refractivity contribution in [1.29, 1.82) is 0 Å². The molecule has 0 fully saturated rings. The van der Waals surface area contributed by atoms with Gasteiger partial charge < -0.3 is 20.8 Å². The molecule has 0 saturated heterocycles. The van der Waals surface area contributed by atoms with E-state index < -0.39 is 24.0 Å². The van der Waals surface area contributed by atoms with Crippen LogP contribution in [0.5, 0.6) is 0 Å². The van der Waals surface area contributed by atoms with Gasteiger partial charge in [-0.2, -0.15) is 0 Å². The normalized spacial score (nSPS) is 14.1. The number of hydrogen-bond acceptors (Lipinski definition) is 4. The number of nitrogens with one attached hydrogen (secondary N) is 2. The summed E-state index contributed by atoms with van der Waals surface area (Å²) in [4.78, 5) is 24.0. The average molecular weight is 356 g/mol. The Morgan fingerprint density at radius 1 is 0.846 bits per heavy atom. The molecule has 2 amide bonds. The molecule has 2 aromatic carbocycles. The molecule has 6 nitrogen and oxygen atoms in total. The second-order valence-electron chi connectivity index (χ2n) is 6.19. The van der Waals surface area contributed by atoms with Gasteiger partial charge in [0.1, 0.15) is 0 Å². The van der Waals surface area contributed by atoms with Crippen LogP contribution in [0.4, 0.5) is 0 Å². The molecule has 0 aromatic heterocycles. The van der Waals surface area contributed by atoms with E-state index in [4.69, 9.17) is 0 Å². The molecule has 0 saturated carbocycles. The van der Waals surface area contributed by atoms with E-state index >= 15 is 0 Å². The zero-order valence-corrected chi connectivity index (χ0v) is 14.6. The van der Waals surface area contributed by atoms with Crippen molar-refractivity contribution in [2.45, 2.75) is 38.1 Å². The maximum atomic E-state index is 12.1. The molecule has 0 bridgehead atoms. The van der Waals surface area contributed by atoms with Crippen LogP contribution in [-0.2, 0) is 22.6 Å². The van der Waals surface area contributed by atoms with Crippen molar-refractivity contribution in [2.75, 3.05) is 0 Å². The summed E-state index contributed by atoms with van der Waals surface area (Å²) < 4.78 is 0. The Bertz CT molecular complexity index is 706. The van der Waals surface area contributed by atoms with Crippen LogP contribution in [0.2, 0.25) is 0 Å². The smallest absolute Gasteiger partial charge is 0.252 e. The molecule has 0 radical (unpaired) electrons. The Balaban J connectivity index is 1.81. The molecule has 6 heteroatoms. The SMILES string of the molecule is C[C@H](Cc1ccccc1)NC(=O)[C@H](O)[C@@H](O)C(=O)NCc1ccccc1. The fraction of sp³-hybridized carbons (Fsp3) is 0.300. The summed E-state index contributed by atoms with van der Waals surface area (Å²) in [5.41, 5.74) is 1.89. The van der Waals surface area contributed by atoms with Crippen LogP contribution in [0.25, 0.3) is 0 Å². The number of amides is 2. The molecule has 0 heterocycles. The molecular weight excluding hydrogens is 332 g/mol. The molecule has 2 aromatic rings. The Morgan fingerprint density at radius 3 is 1.92 bits per heavy atom. The second-order valence-corrected chi connectivity index (χ2v) is 6.19. The first kappa shape index (κ1) is 19.6. The first-order valence-corrected chi connectivity index (χ1v) is 8.49. The first-order valence-electron chi connectivity index (χ1n) is 8.49. The molecule has 138 valence electrons. The van der Waals surface area contributed by atoms with Gasteiger partial charge in [0.25, 0.3) is 11.8 Å². The van der Waals surface area contributed by atoms with E-state index in [-0.39, 0.29) is 12.6 Å². The van der Waals surface area contributed by atoms with Crippen molar-refractivity contribution >= 4 is 11.8 Å². The second kappa shape index (κ2) is 9.70. The fourth-order valence-electron chi connectivity index (χ4n) is 2.52. The quantitative estimate of drug-likeness (QED) is 0.562. The molecule has 0 spiro atoms. The highest BCUT2D eigenvalue weighted by Crippen LogP contribution is 2.04. The summed E-state index contributed by atoms with van der Waals surface area (Å²) in [6.07, 6.45) is -3.08. The highest BCUT2D eigenvalue weighted by atomic mass is 16.3. The third-order valence-electron chi connectivity index (χ3n) is 3.92. The van der Waals surface area contributed by atoms with Crippen molar-refractivity contribution < 1.29 is 19.8 Å².